The lowest BCUT2D eigenvalue weighted by molar-refractivity contribution is -0.139. The summed E-state index contributed by atoms with van der Waals surface area (Å²) in [6, 6.07) is 28.1. The predicted octanol–water partition coefficient (Wildman–Crippen LogP) is 7.13. The molecule has 0 spiro atoms. The Bertz CT molecular complexity index is 1410. The molecule has 4 aromatic rings. The van der Waals surface area contributed by atoms with Crippen LogP contribution >= 0.6 is 0 Å². The third kappa shape index (κ3) is 5.20. The number of carboxylic acids is 2. The van der Waals surface area contributed by atoms with Gasteiger partial charge in [0.05, 0.1) is 11.8 Å². The van der Waals surface area contributed by atoms with Crippen molar-refractivity contribution in [3.05, 3.63) is 119 Å². The standard InChI is InChI=1S/C16H14O2.C15H13FO2/c1-10(16(17)18)11-6-7-15-13(8-11)9-12-4-2-3-5-14(12)15;1-10(15(17)18)12-7-8-13(14(16)9-12)11-5-3-2-4-6-11/h2-8,10H,9H2,1H3,(H,17,18);2-10H,1H3,(H,17,18). The molecule has 5 heteroatoms. The quantitative estimate of drug-likeness (QED) is 0.280. The number of aliphatic carboxylic acids is 2. The van der Waals surface area contributed by atoms with Crippen molar-refractivity contribution >= 4 is 11.9 Å². The molecular formula is C31H27FO4. The first-order chi connectivity index (χ1) is 17.3. The molecule has 0 fully saturated rings. The molecule has 4 aromatic carbocycles. The highest BCUT2D eigenvalue weighted by Gasteiger charge is 2.21. The number of hydrogen-bond acceptors (Lipinski definition) is 2. The topological polar surface area (TPSA) is 74.6 Å². The average molecular weight is 483 g/mol. The summed E-state index contributed by atoms with van der Waals surface area (Å²) in [5.41, 5.74) is 7.71. The highest BCUT2D eigenvalue weighted by Crippen LogP contribution is 2.37. The smallest absolute Gasteiger partial charge is 0.310 e. The average Bonchev–Trinajstić information content (AvgIpc) is 3.26. The van der Waals surface area contributed by atoms with Gasteiger partial charge in [-0.05, 0) is 65.3 Å². The van der Waals surface area contributed by atoms with E-state index in [9.17, 15) is 14.0 Å². The molecule has 5 rings (SSSR count). The Balaban J connectivity index is 0.000000169. The fraction of sp³-hybridized carbons (Fsp3) is 0.161. The van der Waals surface area contributed by atoms with Crippen LogP contribution in [0.2, 0.25) is 0 Å². The van der Waals surface area contributed by atoms with Crippen LogP contribution in [0.25, 0.3) is 22.3 Å². The second-order valence-corrected chi connectivity index (χ2v) is 8.98. The minimum Gasteiger partial charge on any atom is -0.481 e. The second kappa shape index (κ2) is 10.6. The van der Waals surface area contributed by atoms with Crippen molar-refractivity contribution in [2.24, 2.45) is 0 Å². The van der Waals surface area contributed by atoms with Crippen LogP contribution in [0.15, 0.2) is 91.0 Å². The Morgan fingerprint density at radius 1 is 0.667 bits per heavy atom. The van der Waals surface area contributed by atoms with E-state index in [-0.39, 0.29) is 0 Å². The minimum absolute atomic E-state index is 0.396. The summed E-state index contributed by atoms with van der Waals surface area (Å²) < 4.78 is 14.0. The molecular weight excluding hydrogens is 455 g/mol. The summed E-state index contributed by atoms with van der Waals surface area (Å²) in [5, 5.41) is 17.9. The van der Waals surface area contributed by atoms with E-state index in [1.807, 2.05) is 54.6 Å². The van der Waals surface area contributed by atoms with Crippen molar-refractivity contribution in [3.8, 4) is 22.3 Å². The van der Waals surface area contributed by atoms with E-state index in [1.54, 1.807) is 26.0 Å². The number of fused-ring (bicyclic) bond motifs is 3. The summed E-state index contributed by atoms with van der Waals surface area (Å²) >= 11 is 0. The van der Waals surface area contributed by atoms with Crippen molar-refractivity contribution in [1.29, 1.82) is 0 Å². The van der Waals surface area contributed by atoms with E-state index in [4.69, 9.17) is 10.2 Å². The zero-order valence-electron chi connectivity index (χ0n) is 20.1. The van der Waals surface area contributed by atoms with Gasteiger partial charge < -0.3 is 10.2 Å². The van der Waals surface area contributed by atoms with Crippen LogP contribution in [0, 0.1) is 5.82 Å². The van der Waals surface area contributed by atoms with Gasteiger partial charge in [0.15, 0.2) is 0 Å². The van der Waals surface area contributed by atoms with Crippen molar-refractivity contribution in [3.63, 3.8) is 0 Å². The lowest BCUT2D eigenvalue weighted by Gasteiger charge is -2.09. The van der Waals surface area contributed by atoms with Gasteiger partial charge in [-0.2, -0.15) is 0 Å². The maximum absolute atomic E-state index is 14.0. The van der Waals surface area contributed by atoms with Crippen molar-refractivity contribution < 1.29 is 24.2 Å². The van der Waals surface area contributed by atoms with Gasteiger partial charge in [-0.1, -0.05) is 84.9 Å². The van der Waals surface area contributed by atoms with Gasteiger partial charge in [0.1, 0.15) is 5.82 Å². The summed E-state index contributed by atoms with van der Waals surface area (Å²) in [5.74, 6) is -3.28. The monoisotopic (exact) mass is 482 g/mol. The predicted molar refractivity (Wildman–Crippen MR) is 139 cm³/mol. The van der Waals surface area contributed by atoms with Gasteiger partial charge in [-0.15, -0.1) is 0 Å². The zero-order chi connectivity index (χ0) is 25.8. The van der Waals surface area contributed by atoms with Gasteiger partial charge in [0.25, 0.3) is 0 Å². The lowest BCUT2D eigenvalue weighted by Crippen LogP contribution is -2.07. The molecule has 4 nitrogen and oxygen atoms in total. The fourth-order valence-electron chi connectivity index (χ4n) is 4.37. The van der Waals surface area contributed by atoms with Crippen LogP contribution in [0.3, 0.4) is 0 Å². The molecule has 1 aliphatic rings. The second-order valence-electron chi connectivity index (χ2n) is 8.98. The minimum atomic E-state index is -0.957. The van der Waals surface area contributed by atoms with Crippen LogP contribution in [-0.2, 0) is 16.0 Å². The summed E-state index contributed by atoms with van der Waals surface area (Å²) in [6.07, 6.45) is 0.908. The summed E-state index contributed by atoms with van der Waals surface area (Å²) in [6.45, 7) is 3.27. The van der Waals surface area contributed by atoms with Crippen LogP contribution in [-0.4, -0.2) is 22.2 Å². The van der Waals surface area contributed by atoms with E-state index in [1.165, 1.54) is 28.3 Å². The van der Waals surface area contributed by atoms with E-state index in [0.717, 1.165) is 17.5 Å². The maximum Gasteiger partial charge on any atom is 0.310 e. The largest absolute Gasteiger partial charge is 0.481 e. The Hall–Kier alpha value is -4.25. The van der Waals surface area contributed by atoms with Crippen LogP contribution in [0.1, 0.15) is 47.9 Å². The normalized spacial score (nSPS) is 13.0. The number of rotatable bonds is 5. The number of benzene rings is 4. The molecule has 0 amide bonds. The zero-order valence-corrected chi connectivity index (χ0v) is 20.1. The molecule has 1 aliphatic carbocycles. The molecule has 0 heterocycles. The van der Waals surface area contributed by atoms with E-state index in [2.05, 4.69) is 18.2 Å². The van der Waals surface area contributed by atoms with Gasteiger partial charge in [0, 0.05) is 5.56 Å². The summed E-state index contributed by atoms with van der Waals surface area (Å²) in [7, 11) is 0. The number of hydrogen-bond donors (Lipinski definition) is 2. The van der Waals surface area contributed by atoms with Crippen LogP contribution < -0.4 is 0 Å². The molecule has 0 aliphatic heterocycles. The number of carbonyl (C=O) groups is 2. The lowest BCUT2D eigenvalue weighted by atomic mass is 9.96. The van der Waals surface area contributed by atoms with Gasteiger partial charge in [-0.25, -0.2) is 4.39 Å². The van der Waals surface area contributed by atoms with Crippen LogP contribution in [0.5, 0.6) is 0 Å². The molecule has 182 valence electrons. The SMILES string of the molecule is CC(C(=O)O)c1ccc(-c2ccccc2)c(F)c1.CC(C(=O)O)c1ccc2c(c1)Cc1ccccc1-2. The molecule has 36 heavy (non-hydrogen) atoms. The third-order valence-electron chi connectivity index (χ3n) is 6.64. The molecule has 0 aromatic heterocycles. The highest BCUT2D eigenvalue weighted by molar-refractivity contribution is 5.80. The van der Waals surface area contributed by atoms with Gasteiger partial charge in [-0.3, -0.25) is 9.59 Å². The Labute approximate surface area is 209 Å². The Morgan fingerprint density at radius 2 is 1.19 bits per heavy atom. The van der Waals surface area contributed by atoms with Crippen molar-refractivity contribution in [2.45, 2.75) is 32.1 Å². The van der Waals surface area contributed by atoms with E-state index >= 15 is 0 Å². The van der Waals surface area contributed by atoms with Gasteiger partial charge in [0.2, 0.25) is 0 Å². The summed E-state index contributed by atoms with van der Waals surface area (Å²) in [4.78, 5) is 21.9. The number of halogens is 1. The first-order valence-corrected chi connectivity index (χ1v) is 11.8. The molecule has 0 saturated heterocycles. The van der Waals surface area contributed by atoms with Crippen molar-refractivity contribution in [1.82, 2.24) is 0 Å². The van der Waals surface area contributed by atoms with E-state index < -0.39 is 29.6 Å². The molecule has 0 saturated carbocycles. The maximum atomic E-state index is 14.0. The Morgan fingerprint density at radius 3 is 1.81 bits per heavy atom. The molecule has 0 bridgehead atoms. The molecule has 0 radical (unpaired) electrons. The van der Waals surface area contributed by atoms with Crippen molar-refractivity contribution in [2.75, 3.05) is 0 Å². The first-order valence-electron chi connectivity index (χ1n) is 11.8. The molecule has 2 unspecified atom stereocenters. The van der Waals surface area contributed by atoms with Gasteiger partial charge >= 0.3 is 11.9 Å². The highest BCUT2D eigenvalue weighted by atomic mass is 19.1. The van der Waals surface area contributed by atoms with Crippen LogP contribution in [0.4, 0.5) is 4.39 Å². The van der Waals surface area contributed by atoms with E-state index in [0.29, 0.717) is 11.1 Å². The third-order valence-corrected chi connectivity index (χ3v) is 6.64. The number of carboxylic acid groups (broad SMARTS) is 2. The molecule has 2 N–H and O–H groups in total. The first kappa shape index (κ1) is 24.9. The fourth-order valence-corrected chi connectivity index (χ4v) is 4.37. The molecule has 2 atom stereocenters. The Kier molecular flexibility index (Phi) is 7.30.